The van der Waals surface area contributed by atoms with E-state index in [1.165, 1.54) is 0 Å². The molecule has 2 aromatic rings. The molecule has 0 saturated heterocycles. The van der Waals surface area contributed by atoms with Gasteiger partial charge in [0, 0.05) is 12.0 Å². The molecule has 0 fully saturated rings. The standard InChI is InChI=1S/C11H12N2O3/c1-7(2)11(14)12-10-6-8(13-16-10)9-4-3-5-15-9/h3-7H,1-2H3,(H,12,14). The third kappa shape index (κ3) is 2.13. The van der Waals surface area contributed by atoms with E-state index in [-0.39, 0.29) is 11.8 Å². The van der Waals surface area contributed by atoms with E-state index in [4.69, 9.17) is 8.94 Å². The van der Waals surface area contributed by atoms with Gasteiger partial charge in [0.05, 0.1) is 6.26 Å². The van der Waals surface area contributed by atoms with E-state index < -0.39 is 0 Å². The topological polar surface area (TPSA) is 68.3 Å². The fourth-order valence-electron chi connectivity index (χ4n) is 1.14. The minimum atomic E-state index is -0.109. The van der Waals surface area contributed by atoms with Crippen molar-refractivity contribution < 1.29 is 13.7 Å². The van der Waals surface area contributed by atoms with Crippen LogP contribution in [0.4, 0.5) is 5.88 Å². The van der Waals surface area contributed by atoms with Gasteiger partial charge in [-0.15, -0.1) is 0 Å². The number of hydrogen-bond donors (Lipinski definition) is 1. The van der Waals surface area contributed by atoms with E-state index in [0.29, 0.717) is 17.3 Å². The van der Waals surface area contributed by atoms with E-state index in [2.05, 4.69) is 10.5 Å². The molecule has 0 aliphatic heterocycles. The van der Waals surface area contributed by atoms with Crippen LogP contribution in [0.15, 0.2) is 33.4 Å². The highest BCUT2D eigenvalue weighted by molar-refractivity contribution is 5.91. The molecular formula is C11H12N2O3. The Hall–Kier alpha value is -2.04. The predicted octanol–water partition coefficient (Wildman–Crippen LogP) is 2.53. The fraction of sp³-hybridized carbons (Fsp3) is 0.273. The van der Waals surface area contributed by atoms with Crippen LogP contribution < -0.4 is 5.32 Å². The number of aromatic nitrogens is 1. The highest BCUT2D eigenvalue weighted by Crippen LogP contribution is 2.22. The van der Waals surface area contributed by atoms with Gasteiger partial charge in [-0.1, -0.05) is 19.0 Å². The van der Waals surface area contributed by atoms with Gasteiger partial charge in [-0.05, 0) is 12.1 Å². The molecular weight excluding hydrogens is 208 g/mol. The van der Waals surface area contributed by atoms with Gasteiger partial charge < -0.3 is 8.94 Å². The fourth-order valence-corrected chi connectivity index (χ4v) is 1.14. The summed E-state index contributed by atoms with van der Waals surface area (Å²) in [5, 5.41) is 6.40. The quantitative estimate of drug-likeness (QED) is 0.862. The number of nitrogens with one attached hydrogen (secondary N) is 1. The van der Waals surface area contributed by atoms with Gasteiger partial charge in [-0.25, -0.2) is 0 Å². The van der Waals surface area contributed by atoms with Crippen molar-refractivity contribution in [2.24, 2.45) is 5.92 Å². The number of furan rings is 1. The third-order valence-corrected chi connectivity index (χ3v) is 2.05. The molecule has 0 aromatic carbocycles. The number of nitrogens with zero attached hydrogens (tertiary/aromatic N) is 1. The molecule has 0 unspecified atom stereocenters. The van der Waals surface area contributed by atoms with Crippen LogP contribution in [0, 0.1) is 5.92 Å². The zero-order valence-corrected chi connectivity index (χ0v) is 9.06. The molecule has 2 rings (SSSR count). The molecule has 84 valence electrons. The summed E-state index contributed by atoms with van der Waals surface area (Å²) in [6, 6.07) is 5.15. The van der Waals surface area contributed by atoms with Crippen LogP contribution in [-0.4, -0.2) is 11.1 Å². The summed E-state index contributed by atoms with van der Waals surface area (Å²) in [6.45, 7) is 3.61. The number of carbonyl (C=O) groups excluding carboxylic acids is 1. The van der Waals surface area contributed by atoms with Crippen LogP contribution in [0.5, 0.6) is 0 Å². The summed E-state index contributed by atoms with van der Waals surface area (Å²) in [5.41, 5.74) is 0.559. The summed E-state index contributed by atoms with van der Waals surface area (Å²) in [4.78, 5) is 11.4. The minimum absolute atomic E-state index is 0.0998. The van der Waals surface area contributed by atoms with Crippen molar-refractivity contribution in [3.05, 3.63) is 24.5 Å². The summed E-state index contributed by atoms with van der Waals surface area (Å²) in [5.74, 6) is 0.721. The van der Waals surface area contributed by atoms with Crippen molar-refractivity contribution in [3.63, 3.8) is 0 Å². The van der Waals surface area contributed by atoms with Crippen molar-refractivity contribution in [2.45, 2.75) is 13.8 Å². The number of hydrogen-bond acceptors (Lipinski definition) is 4. The number of rotatable bonds is 3. The first-order valence-corrected chi connectivity index (χ1v) is 4.98. The Bertz CT molecular complexity index is 471. The molecule has 0 bridgehead atoms. The third-order valence-electron chi connectivity index (χ3n) is 2.05. The van der Waals surface area contributed by atoms with E-state index in [0.717, 1.165) is 0 Å². The lowest BCUT2D eigenvalue weighted by Gasteiger charge is -2.02. The molecule has 2 aromatic heterocycles. The first-order chi connectivity index (χ1) is 7.66. The molecule has 0 spiro atoms. The van der Waals surface area contributed by atoms with Crippen LogP contribution >= 0.6 is 0 Å². The van der Waals surface area contributed by atoms with Crippen LogP contribution in [0.3, 0.4) is 0 Å². The predicted molar refractivity (Wildman–Crippen MR) is 57.7 cm³/mol. The van der Waals surface area contributed by atoms with Crippen LogP contribution in [0.2, 0.25) is 0 Å². The molecule has 0 aliphatic carbocycles. The second-order valence-corrected chi connectivity index (χ2v) is 3.70. The van der Waals surface area contributed by atoms with Gasteiger partial charge in [0.2, 0.25) is 11.8 Å². The molecule has 5 heteroatoms. The average molecular weight is 220 g/mol. The van der Waals surface area contributed by atoms with Crippen molar-refractivity contribution in [3.8, 4) is 11.5 Å². The summed E-state index contributed by atoms with van der Waals surface area (Å²) >= 11 is 0. The monoisotopic (exact) mass is 220 g/mol. The van der Waals surface area contributed by atoms with Gasteiger partial charge in [0.1, 0.15) is 0 Å². The minimum Gasteiger partial charge on any atom is -0.463 e. The maximum absolute atomic E-state index is 11.4. The Labute approximate surface area is 92.4 Å². The van der Waals surface area contributed by atoms with Gasteiger partial charge in [-0.3, -0.25) is 10.1 Å². The first-order valence-electron chi connectivity index (χ1n) is 4.98. The normalized spacial score (nSPS) is 10.7. The lowest BCUT2D eigenvalue weighted by molar-refractivity contribution is -0.119. The second-order valence-electron chi connectivity index (χ2n) is 3.70. The highest BCUT2D eigenvalue weighted by Gasteiger charge is 2.12. The number of carbonyl (C=O) groups is 1. The maximum Gasteiger partial charge on any atom is 0.231 e. The smallest absolute Gasteiger partial charge is 0.231 e. The van der Waals surface area contributed by atoms with E-state index in [1.807, 2.05) is 0 Å². The van der Waals surface area contributed by atoms with Gasteiger partial charge in [-0.2, -0.15) is 0 Å². The summed E-state index contributed by atoms with van der Waals surface area (Å²) in [6.07, 6.45) is 1.55. The summed E-state index contributed by atoms with van der Waals surface area (Å²) < 4.78 is 10.1. The SMILES string of the molecule is CC(C)C(=O)Nc1cc(-c2ccco2)no1. The molecule has 2 heterocycles. The molecule has 0 atom stereocenters. The lowest BCUT2D eigenvalue weighted by atomic mass is 10.2. The van der Waals surface area contributed by atoms with Crippen molar-refractivity contribution in [1.29, 1.82) is 0 Å². The Morgan fingerprint density at radius 1 is 1.50 bits per heavy atom. The zero-order chi connectivity index (χ0) is 11.5. The van der Waals surface area contributed by atoms with Crippen molar-refractivity contribution in [1.82, 2.24) is 5.16 Å². The van der Waals surface area contributed by atoms with Crippen molar-refractivity contribution >= 4 is 11.8 Å². The van der Waals surface area contributed by atoms with E-state index in [9.17, 15) is 4.79 Å². The Morgan fingerprint density at radius 3 is 2.94 bits per heavy atom. The number of amides is 1. The largest absolute Gasteiger partial charge is 0.463 e. The zero-order valence-electron chi connectivity index (χ0n) is 9.06. The Balaban J connectivity index is 2.11. The van der Waals surface area contributed by atoms with Crippen LogP contribution in [-0.2, 0) is 4.79 Å². The number of anilines is 1. The van der Waals surface area contributed by atoms with Crippen LogP contribution in [0.25, 0.3) is 11.5 Å². The van der Waals surface area contributed by atoms with E-state index in [1.54, 1.807) is 38.3 Å². The Morgan fingerprint density at radius 2 is 2.31 bits per heavy atom. The van der Waals surface area contributed by atoms with Gasteiger partial charge in [0.25, 0.3) is 0 Å². The second kappa shape index (κ2) is 4.22. The molecule has 0 saturated carbocycles. The molecule has 1 amide bonds. The Kier molecular flexibility index (Phi) is 2.76. The molecule has 0 aliphatic rings. The molecule has 16 heavy (non-hydrogen) atoms. The van der Waals surface area contributed by atoms with Crippen LogP contribution in [0.1, 0.15) is 13.8 Å². The van der Waals surface area contributed by atoms with E-state index >= 15 is 0 Å². The highest BCUT2D eigenvalue weighted by atomic mass is 16.5. The maximum atomic E-state index is 11.4. The average Bonchev–Trinajstić information content (AvgIpc) is 2.85. The molecule has 5 nitrogen and oxygen atoms in total. The summed E-state index contributed by atoms with van der Waals surface area (Å²) in [7, 11) is 0. The van der Waals surface area contributed by atoms with Gasteiger partial charge in [0.15, 0.2) is 11.5 Å². The first kappa shape index (κ1) is 10.5. The van der Waals surface area contributed by atoms with Gasteiger partial charge >= 0.3 is 0 Å². The van der Waals surface area contributed by atoms with Crippen molar-refractivity contribution in [2.75, 3.05) is 5.32 Å². The molecule has 1 N–H and O–H groups in total. The lowest BCUT2D eigenvalue weighted by Crippen LogP contribution is -2.17. The molecule has 0 radical (unpaired) electrons.